The van der Waals surface area contributed by atoms with Gasteiger partial charge in [-0.3, -0.25) is 4.79 Å². The monoisotopic (exact) mass is 464 g/mol. The maximum Gasteiger partial charge on any atom is 0.416 e. The molecule has 3 rings (SSSR count). The zero-order valence-corrected chi connectivity index (χ0v) is 17.0. The van der Waals surface area contributed by atoms with Crippen molar-refractivity contribution in [2.45, 2.75) is 25.2 Å². The van der Waals surface area contributed by atoms with Crippen LogP contribution < -0.4 is 5.43 Å². The van der Waals surface area contributed by atoms with Crippen LogP contribution in [0.2, 0.25) is 0 Å². The summed E-state index contributed by atoms with van der Waals surface area (Å²) in [5.41, 5.74) is 1.36. The van der Waals surface area contributed by atoms with E-state index in [2.05, 4.69) is 10.5 Å². The van der Waals surface area contributed by atoms with E-state index in [0.717, 1.165) is 48.0 Å². The number of carbonyl (C=O) groups is 1. The fraction of sp³-hybridized carbons (Fsp3) is 0.167. The second-order valence-corrected chi connectivity index (χ2v) is 7.13. The summed E-state index contributed by atoms with van der Waals surface area (Å²) in [4.78, 5) is 12.2. The van der Waals surface area contributed by atoms with Gasteiger partial charge < -0.3 is 0 Å². The molecule has 3 nitrogen and oxygen atoms in total. The van der Waals surface area contributed by atoms with E-state index in [9.17, 15) is 31.1 Å². The number of nitrogens with one attached hydrogen (secondary N) is 1. The molecule has 0 unspecified atom stereocenters. The first kappa shape index (κ1) is 24.0. The highest BCUT2D eigenvalue weighted by Gasteiger charge is 2.32. The van der Waals surface area contributed by atoms with Crippen LogP contribution in [0, 0.1) is 0 Å². The zero-order chi connectivity index (χ0) is 24.1. The van der Waals surface area contributed by atoms with Gasteiger partial charge in [-0.25, -0.2) is 5.43 Å². The number of alkyl halides is 6. The van der Waals surface area contributed by atoms with Gasteiger partial charge in [-0.2, -0.15) is 31.4 Å². The molecule has 9 heteroatoms. The molecule has 0 fully saturated rings. The first-order valence-corrected chi connectivity index (χ1v) is 9.80. The SMILES string of the molecule is O=C(CCc1ccccc1)N/N=C(\c1ccc(C(F)(F)F)cc1)c1cccc(C(F)(F)F)c1. The van der Waals surface area contributed by atoms with Crippen molar-refractivity contribution in [2.75, 3.05) is 0 Å². The van der Waals surface area contributed by atoms with Crippen LogP contribution in [0.1, 0.15) is 34.2 Å². The Hall–Kier alpha value is -3.62. The third-order valence-corrected chi connectivity index (χ3v) is 4.72. The molecule has 1 N–H and O–H groups in total. The van der Waals surface area contributed by atoms with E-state index in [1.54, 1.807) is 0 Å². The summed E-state index contributed by atoms with van der Waals surface area (Å²) in [7, 11) is 0. The highest BCUT2D eigenvalue weighted by molar-refractivity contribution is 6.13. The number of halogens is 6. The molecule has 0 atom stereocenters. The Morgan fingerprint density at radius 2 is 1.36 bits per heavy atom. The van der Waals surface area contributed by atoms with Crippen LogP contribution in [0.4, 0.5) is 26.3 Å². The average Bonchev–Trinajstić information content (AvgIpc) is 2.78. The van der Waals surface area contributed by atoms with Crippen LogP contribution in [-0.4, -0.2) is 11.6 Å². The van der Waals surface area contributed by atoms with Gasteiger partial charge in [0.1, 0.15) is 0 Å². The van der Waals surface area contributed by atoms with Crippen molar-refractivity contribution in [2.24, 2.45) is 5.10 Å². The number of hydrogen-bond donors (Lipinski definition) is 1. The molecule has 0 aliphatic heterocycles. The number of nitrogens with zero attached hydrogens (tertiary/aromatic N) is 1. The van der Waals surface area contributed by atoms with Crippen LogP contribution in [0.15, 0.2) is 84.0 Å². The molecule has 0 aromatic heterocycles. The first-order valence-electron chi connectivity index (χ1n) is 9.80. The molecule has 1 amide bonds. The van der Waals surface area contributed by atoms with E-state index in [1.165, 1.54) is 6.07 Å². The van der Waals surface area contributed by atoms with E-state index in [0.29, 0.717) is 6.42 Å². The number of carbonyl (C=O) groups excluding carboxylic acids is 1. The molecule has 0 heterocycles. The van der Waals surface area contributed by atoms with Crippen LogP contribution in [0.3, 0.4) is 0 Å². The number of hydrazone groups is 1. The van der Waals surface area contributed by atoms with Crippen molar-refractivity contribution >= 4 is 11.6 Å². The van der Waals surface area contributed by atoms with Gasteiger partial charge in [0.25, 0.3) is 0 Å². The van der Waals surface area contributed by atoms with E-state index < -0.39 is 29.4 Å². The van der Waals surface area contributed by atoms with Gasteiger partial charge in [-0.05, 0) is 36.2 Å². The predicted molar refractivity (Wildman–Crippen MR) is 111 cm³/mol. The normalized spacial score (nSPS) is 12.5. The van der Waals surface area contributed by atoms with Gasteiger partial charge in [-0.1, -0.05) is 54.6 Å². The van der Waals surface area contributed by atoms with Crippen molar-refractivity contribution in [1.29, 1.82) is 0 Å². The fourth-order valence-electron chi connectivity index (χ4n) is 3.03. The lowest BCUT2D eigenvalue weighted by Crippen LogP contribution is -2.21. The third-order valence-electron chi connectivity index (χ3n) is 4.72. The Bertz CT molecular complexity index is 1120. The number of rotatable bonds is 6. The third kappa shape index (κ3) is 6.68. The van der Waals surface area contributed by atoms with Crippen molar-refractivity contribution in [3.05, 3.63) is 107 Å². The van der Waals surface area contributed by atoms with Crippen LogP contribution in [-0.2, 0) is 23.6 Å². The minimum atomic E-state index is -4.62. The highest BCUT2D eigenvalue weighted by atomic mass is 19.4. The summed E-state index contributed by atoms with van der Waals surface area (Å²) >= 11 is 0. The Labute approximate surface area is 185 Å². The molecule has 33 heavy (non-hydrogen) atoms. The van der Waals surface area contributed by atoms with E-state index in [4.69, 9.17) is 0 Å². The van der Waals surface area contributed by atoms with E-state index in [1.807, 2.05) is 30.3 Å². The molecule has 0 bridgehead atoms. The lowest BCUT2D eigenvalue weighted by Gasteiger charge is -2.13. The lowest BCUT2D eigenvalue weighted by molar-refractivity contribution is -0.138. The standard InChI is InChI=1S/C24H18F6N2O/c25-23(26,27)19-12-10-17(11-13-19)22(18-7-4-8-20(15-18)24(28,29)30)32-31-21(33)14-9-16-5-2-1-3-6-16/h1-8,10-13,15H,9,14H2,(H,31,33)/b32-22+. The molecule has 3 aromatic rings. The summed E-state index contributed by atoms with van der Waals surface area (Å²) in [5, 5.41) is 3.96. The van der Waals surface area contributed by atoms with Crippen molar-refractivity contribution < 1.29 is 31.1 Å². The summed E-state index contributed by atoms with van der Waals surface area (Å²) < 4.78 is 78.2. The molecule has 0 aliphatic carbocycles. The molecule has 172 valence electrons. The summed E-state index contributed by atoms with van der Waals surface area (Å²) in [5.74, 6) is -0.491. The van der Waals surface area contributed by atoms with E-state index >= 15 is 0 Å². The molecular formula is C24H18F6N2O. The largest absolute Gasteiger partial charge is 0.416 e. The number of benzene rings is 3. The predicted octanol–water partition coefficient (Wildman–Crippen LogP) is 6.23. The topological polar surface area (TPSA) is 41.5 Å². The minimum absolute atomic E-state index is 0.00653. The molecule has 0 saturated carbocycles. The number of amides is 1. The van der Waals surface area contributed by atoms with Crippen LogP contribution >= 0.6 is 0 Å². The van der Waals surface area contributed by atoms with Gasteiger partial charge in [0, 0.05) is 17.5 Å². The van der Waals surface area contributed by atoms with Gasteiger partial charge in [0.05, 0.1) is 16.8 Å². The minimum Gasteiger partial charge on any atom is -0.273 e. The summed E-state index contributed by atoms with van der Waals surface area (Å²) in [6.45, 7) is 0. The van der Waals surface area contributed by atoms with Crippen LogP contribution in [0.25, 0.3) is 0 Å². The Morgan fingerprint density at radius 1 is 0.727 bits per heavy atom. The zero-order valence-electron chi connectivity index (χ0n) is 17.0. The maximum atomic E-state index is 13.2. The van der Waals surface area contributed by atoms with Gasteiger partial charge in [0.15, 0.2) is 0 Å². The Balaban J connectivity index is 1.89. The second kappa shape index (κ2) is 9.89. The van der Waals surface area contributed by atoms with Crippen molar-refractivity contribution in [1.82, 2.24) is 5.43 Å². The molecule has 0 aliphatic rings. The van der Waals surface area contributed by atoms with Crippen molar-refractivity contribution in [3.63, 3.8) is 0 Å². The van der Waals surface area contributed by atoms with Crippen LogP contribution in [0.5, 0.6) is 0 Å². The van der Waals surface area contributed by atoms with Gasteiger partial charge >= 0.3 is 12.4 Å². The van der Waals surface area contributed by atoms with Crippen molar-refractivity contribution in [3.8, 4) is 0 Å². The molecule has 0 radical (unpaired) electrons. The first-order chi connectivity index (χ1) is 15.5. The lowest BCUT2D eigenvalue weighted by atomic mass is 9.99. The number of hydrogen-bond acceptors (Lipinski definition) is 2. The second-order valence-electron chi connectivity index (χ2n) is 7.13. The summed E-state index contributed by atoms with van der Waals surface area (Å²) in [6, 6.07) is 17.1. The quantitative estimate of drug-likeness (QED) is 0.263. The number of aryl methyl sites for hydroxylation is 1. The molecule has 0 saturated heterocycles. The summed E-state index contributed by atoms with van der Waals surface area (Å²) in [6.07, 6.45) is -8.71. The fourth-order valence-corrected chi connectivity index (χ4v) is 3.03. The van der Waals surface area contributed by atoms with Gasteiger partial charge in [-0.15, -0.1) is 0 Å². The molecular weight excluding hydrogens is 446 g/mol. The Morgan fingerprint density at radius 3 is 1.97 bits per heavy atom. The maximum absolute atomic E-state index is 13.2. The smallest absolute Gasteiger partial charge is 0.273 e. The average molecular weight is 464 g/mol. The molecule has 0 spiro atoms. The Kier molecular flexibility index (Phi) is 7.20. The highest BCUT2D eigenvalue weighted by Crippen LogP contribution is 2.31. The van der Waals surface area contributed by atoms with Gasteiger partial charge in [0.2, 0.25) is 5.91 Å². The van der Waals surface area contributed by atoms with E-state index in [-0.39, 0.29) is 23.3 Å². The molecule has 3 aromatic carbocycles.